The van der Waals surface area contributed by atoms with Crippen molar-refractivity contribution in [2.45, 2.75) is 26.8 Å². The fourth-order valence-electron chi connectivity index (χ4n) is 1.93. The van der Waals surface area contributed by atoms with E-state index in [1.165, 1.54) is 12.1 Å². The van der Waals surface area contributed by atoms with Gasteiger partial charge in [-0.25, -0.2) is 4.39 Å². The number of benzene rings is 1. The number of rotatable bonds is 7. The predicted octanol–water partition coefficient (Wildman–Crippen LogP) is 2.47. The number of hydrogen-bond donors (Lipinski definition) is 0. The van der Waals surface area contributed by atoms with Crippen LogP contribution in [0.2, 0.25) is 0 Å². The fourth-order valence-corrected chi connectivity index (χ4v) is 1.93. The normalized spacial score (nSPS) is 10.3. The standard InChI is InChI=1S/C15H19FN2O2/c1-3-7-18(11-15(19)20-4-2)10-12-5-6-14(16)13(8-12)9-17/h5-6,8H,3-4,7,10-11H2,1-2H3. The van der Waals surface area contributed by atoms with Gasteiger partial charge in [-0.15, -0.1) is 0 Å². The highest BCUT2D eigenvalue weighted by molar-refractivity contribution is 5.71. The average Bonchev–Trinajstić information content (AvgIpc) is 2.41. The van der Waals surface area contributed by atoms with Crippen molar-refractivity contribution >= 4 is 5.97 Å². The van der Waals surface area contributed by atoms with E-state index in [1.807, 2.05) is 17.9 Å². The van der Waals surface area contributed by atoms with Gasteiger partial charge in [0.2, 0.25) is 0 Å². The van der Waals surface area contributed by atoms with Crippen LogP contribution in [0.3, 0.4) is 0 Å². The fraction of sp³-hybridized carbons (Fsp3) is 0.467. The summed E-state index contributed by atoms with van der Waals surface area (Å²) in [4.78, 5) is 13.4. The third-order valence-electron chi connectivity index (χ3n) is 2.76. The molecule has 108 valence electrons. The van der Waals surface area contributed by atoms with Gasteiger partial charge in [-0.3, -0.25) is 9.69 Å². The molecule has 4 nitrogen and oxygen atoms in total. The molecule has 0 bridgehead atoms. The van der Waals surface area contributed by atoms with Crippen LogP contribution in [0.4, 0.5) is 4.39 Å². The molecule has 0 aliphatic heterocycles. The van der Waals surface area contributed by atoms with Gasteiger partial charge in [0.1, 0.15) is 11.9 Å². The van der Waals surface area contributed by atoms with Gasteiger partial charge < -0.3 is 4.74 Å². The summed E-state index contributed by atoms with van der Waals surface area (Å²) in [6, 6.07) is 6.24. The minimum atomic E-state index is -0.524. The number of halogens is 1. The lowest BCUT2D eigenvalue weighted by molar-refractivity contribution is -0.144. The van der Waals surface area contributed by atoms with E-state index in [4.69, 9.17) is 10.00 Å². The van der Waals surface area contributed by atoms with Crippen LogP contribution in [0.5, 0.6) is 0 Å². The van der Waals surface area contributed by atoms with E-state index in [9.17, 15) is 9.18 Å². The summed E-state index contributed by atoms with van der Waals surface area (Å²) in [5.74, 6) is -0.799. The highest BCUT2D eigenvalue weighted by Gasteiger charge is 2.12. The Morgan fingerprint density at radius 1 is 1.45 bits per heavy atom. The van der Waals surface area contributed by atoms with Gasteiger partial charge in [-0.05, 0) is 37.6 Å². The van der Waals surface area contributed by atoms with Crippen molar-refractivity contribution in [3.05, 3.63) is 35.1 Å². The zero-order valence-corrected chi connectivity index (χ0v) is 11.9. The highest BCUT2D eigenvalue weighted by Crippen LogP contribution is 2.12. The molecule has 0 aromatic heterocycles. The Balaban J connectivity index is 2.75. The first-order chi connectivity index (χ1) is 9.60. The maximum Gasteiger partial charge on any atom is 0.320 e. The van der Waals surface area contributed by atoms with Gasteiger partial charge >= 0.3 is 5.97 Å². The number of nitrogens with zero attached hydrogens (tertiary/aromatic N) is 2. The third-order valence-corrected chi connectivity index (χ3v) is 2.76. The van der Waals surface area contributed by atoms with E-state index in [-0.39, 0.29) is 18.1 Å². The van der Waals surface area contributed by atoms with E-state index in [0.29, 0.717) is 13.2 Å². The lowest BCUT2D eigenvalue weighted by Gasteiger charge is -2.20. The number of hydrogen-bond acceptors (Lipinski definition) is 4. The van der Waals surface area contributed by atoms with Crippen molar-refractivity contribution < 1.29 is 13.9 Å². The lowest BCUT2D eigenvalue weighted by Crippen LogP contribution is -2.31. The predicted molar refractivity (Wildman–Crippen MR) is 73.3 cm³/mol. The zero-order valence-electron chi connectivity index (χ0n) is 11.9. The Morgan fingerprint density at radius 2 is 2.20 bits per heavy atom. The largest absolute Gasteiger partial charge is 0.465 e. The van der Waals surface area contributed by atoms with Crippen LogP contribution in [-0.2, 0) is 16.1 Å². The first-order valence-electron chi connectivity index (χ1n) is 6.67. The third kappa shape index (κ3) is 4.98. The zero-order chi connectivity index (χ0) is 15.0. The number of carbonyl (C=O) groups excluding carboxylic acids is 1. The molecule has 1 aromatic rings. The van der Waals surface area contributed by atoms with E-state index < -0.39 is 5.82 Å². The Kier molecular flexibility index (Phi) is 6.68. The molecule has 0 saturated heterocycles. The van der Waals surface area contributed by atoms with E-state index in [1.54, 1.807) is 13.0 Å². The van der Waals surface area contributed by atoms with E-state index >= 15 is 0 Å². The maximum atomic E-state index is 13.3. The Bertz CT molecular complexity index is 497. The topological polar surface area (TPSA) is 53.3 Å². The molecular weight excluding hydrogens is 259 g/mol. The minimum Gasteiger partial charge on any atom is -0.465 e. The molecule has 0 fully saturated rings. The molecule has 0 atom stereocenters. The summed E-state index contributed by atoms with van der Waals surface area (Å²) in [6.45, 7) is 5.55. The molecule has 20 heavy (non-hydrogen) atoms. The molecule has 0 radical (unpaired) electrons. The van der Waals surface area contributed by atoms with E-state index in [0.717, 1.165) is 18.5 Å². The number of ether oxygens (including phenoxy) is 1. The number of nitriles is 1. The van der Waals surface area contributed by atoms with Gasteiger partial charge in [0.15, 0.2) is 0 Å². The molecule has 0 spiro atoms. The molecule has 0 aliphatic carbocycles. The second-order valence-electron chi connectivity index (χ2n) is 4.44. The van der Waals surface area contributed by atoms with Gasteiger partial charge in [0.05, 0.1) is 18.7 Å². The van der Waals surface area contributed by atoms with Crippen LogP contribution in [0.25, 0.3) is 0 Å². The van der Waals surface area contributed by atoms with Crippen LogP contribution in [-0.4, -0.2) is 30.6 Å². The average molecular weight is 278 g/mol. The maximum absolute atomic E-state index is 13.3. The molecule has 0 heterocycles. The quantitative estimate of drug-likeness (QED) is 0.719. The Labute approximate surface area is 118 Å². The molecule has 0 saturated carbocycles. The van der Waals surface area contributed by atoms with Crippen molar-refractivity contribution in [2.75, 3.05) is 19.7 Å². The second kappa shape index (κ2) is 8.28. The summed E-state index contributed by atoms with van der Waals surface area (Å²) < 4.78 is 18.2. The first kappa shape index (κ1) is 16.1. The SMILES string of the molecule is CCCN(CC(=O)OCC)Cc1ccc(F)c(C#N)c1. The van der Waals surface area contributed by atoms with Crippen molar-refractivity contribution in [3.8, 4) is 6.07 Å². The molecule has 0 aliphatic rings. The van der Waals surface area contributed by atoms with Gasteiger partial charge in [-0.1, -0.05) is 13.0 Å². The Hall–Kier alpha value is -1.93. The molecular formula is C15H19FN2O2. The van der Waals surface area contributed by atoms with Crippen LogP contribution in [0.15, 0.2) is 18.2 Å². The van der Waals surface area contributed by atoms with Crippen LogP contribution in [0, 0.1) is 17.1 Å². The summed E-state index contributed by atoms with van der Waals surface area (Å²) in [5, 5.41) is 8.82. The van der Waals surface area contributed by atoms with Crippen molar-refractivity contribution in [2.24, 2.45) is 0 Å². The summed E-state index contributed by atoms with van der Waals surface area (Å²) in [7, 11) is 0. The minimum absolute atomic E-state index is 0.0232. The summed E-state index contributed by atoms with van der Waals surface area (Å²) in [6.07, 6.45) is 0.895. The molecule has 0 N–H and O–H groups in total. The van der Waals surface area contributed by atoms with Gasteiger partial charge in [0, 0.05) is 6.54 Å². The molecule has 5 heteroatoms. The number of esters is 1. The molecule has 1 aromatic carbocycles. The monoisotopic (exact) mass is 278 g/mol. The van der Waals surface area contributed by atoms with Gasteiger partial charge in [-0.2, -0.15) is 5.26 Å². The lowest BCUT2D eigenvalue weighted by atomic mass is 10.1. The van der Waals surface area contributed by atoms with Gasteiger partial charge in [0.25, 0.3) is 0 Å². The summed E-state index contributed by atoms with van der Waals surface area (Å²) >= 11 is 0. The van der Waals surface area contributed by atoms with Crippen molar-refractivity contribution in [1.82, 2.24) is 4.90 Å². The first-order valence-corrected chi connectivity index (χ1v) is 6.67. The number of carbonyl (C=O) groups is 1. The Morgan fingerprint density at radius 3 is 2.80 bits per heavy atom. The van der Waals surface area contributed by atoms with Crippen LogP contribution < -0.4 is 0 Å². The van der Waals surface area contributed by atoms with Crippen LogP contribution in [0.1, 0.15) is 31.4 Å². The highest BCUT2D eigenvalue weighted by atomic mass is 19.1. The molecule has 0 unspecified atom stereocenters. The van der Waals surface area contributed by atoms with Crippen LogP contribution >= 0.6 is 0 Å². The van der Waals surface area contributed by atoms with Crippen molar-refractivity contribution in [3.63, 3.8) is 0 Å². The van der Waals surface area contributed by atoms with E-state index in [2.05, 4.69) is 0 Å². The molecule has 1 rings (SSSR count). The van der Waals surface area contributed by atoms with Crippen molar-refractivity contribution in [1.29, 1.82) is 5.26 Å². The smallest absolute Gasteiger partial charge is 0.320 e. The summed E-state index contributed by atoms with van der Waals surface area (Å²) in [5.41, 5.74) is 0.829. The molecule has 0 amide bonds. The second-order valence-corrected chi connectivity index (χ2v) is 4.44.